The first-order valence-corrected chi connectivity index (χ1v) is 5.74. The van der Waals surface area contributed by atoms with Crippen molar-refractivity contribution in [3.05, 3.63) is 0 Å². The molecule has 1 aliphatic heterocycles. The van der Waals surface area contributed by atoms with Crippen LogP contribution in [0.25, 0.3) is 0 Å². The van der Waals surface area contributed by atoms with Gasteiger partial charge in [-0.3, -0.25) is 0 Å². The Bertz CT molecular complexity index is 186. The maximum Gasteiger partial charge on any atom is 0.0603 e. The lowest BCUT2D eigenvalue weighted by atomic mass is 9.82. The van der Waals surface area contributed by atoms with Crippen LogP contribution in [0.5, 0.6) is 0 Å². The summed E-state index contributed by atoms with van der Waals surface area (Å²) in [5.41, 5.74) is 0. The van der Waals surface area contributed by atoms with Gasteiger partial charge in [-0.05, 0) is 31.7 Å². The predicted octanol–water partition coefficient (Wildman–Crippen LogP) is 0.772. The van der Waals surface area contributed by atoms with Crippen molar-refractivity contribution in [1.82, 2.24) is 5.32 Å². The smallest absolute Gasteiger partial charge is 0.0603 e. The van der Waals surface area contributed by atoms with Crippen LogP contribution in [-0.4, -0.2) is 37.5 Å². The third-order valence-corrected chi connectivity index (χ3v) is 3.85. The van der Waals surface area contributed by atoms with Crippen molar-refractivity contribution in [3.63, 3.8) is 0 Å². The van der Waals surface area contributed by atoms with Crippen LogP contribution in [0.1, 0.15) is 25.7 Å². The van der Waals surface area contributed by atoms with Crippen LogP contribution in [0.3, 0.4) is 0 Å². The van der Waals surface area contributed by atoms with Crippen molar-refractivity contribution >= 4 is 0 Å². The molecule has 14 heavy (non-hydrogen) atoms. The maximum absolute atomic E-state index is 9.95. The fourth-order valence-corrected chi connectivity index (χ4v) is 3.04. The van der Waals surface area contributed by atoms with Crippen LogP contribution in [0.15, 0.2) is 0 Å². The Morgan fingerprint density at radius 2 is 2.07 bits per heavy atom. The first-order chi connectivity index (χ1) is 6.83. The van der Waals surface area contributed by atoms with Gasteiger partial charge < -0.3 is 15.2 Å². The number of nitrogens with one attached hydrogen (secondary N) is 1. The Balaban J connectivity index is 1.97. The van der Waals surface area contributed by atoms with Gasteiger partial charge in [-0.15, -0.1) is 0 Å². The Morgan fingerprint density at radius 1 is 1.21 bits per heavy atom. The fourth-order valence-electron chi connectivity index (χ4n) is 3.04. The Morgan fingerprint density at radius 3 is 2.79 bits per heavy atom. The van der Waals surface area contributed by atoms with Crippen LogP contribution in [0.2, 0.25) is 0 Å². The second-order valence-corrected chi connectivity index (χ2v) is 4.59. The number of hydrogen-bond acceptors (Lipinski definition) is 3. The van der Waals surface area contributed by atoms with E-state index in [0.717, 1.165) is 19.5 Å². The topological polar surface area (TPSA) is 41.5 Å². The average molecular weight is 199 g/mol. The SMILES string of the molecule is COC1CCCC1C1CNCCC1O. The van der Waals surface area contributed by atoms with E-state index >= 15 is 0 Å². The van der Waals surface area contributed by atoms with Gasteiger partial charge in [-0.1, -0.05) is 6.42 Å². The second kappa shape index (κ2) is 4.60. The molecule has 0 bridgehead atoms. The summed E-state index contributed by atoms with van der Waals surface area (Å²) in [4.78, 5) is 0. The first kappa shape index (κ1) is 10.4. The van der Waals surface area contributed by atoms with Crippen molar-refractivity contribution in [2.24, 2.45) is 11.8 Å². The molecular weight excluding hydrogens is 178 g/mol. The van der Waals surface area contributed by atoms with E-state index in [1.807, 2.05) is 0 Å². The third-order valence-electron chi connectivity index (χ3n) is 3.85. The molecule has 0 aromatic carbocycles. The van der Waals surface area contributed by atoms with Crippen LogP contribution >= 0.6 is 0 Å². The molecule has 0 aromatic rings. The normalized spacial score (nSPS) is 44.1. The minimum absolute atomic E-state index is 0.114. The molecule has 3 heteroatoms. The number of aliphatic hydroxyl groups excluding tert-OH is 1. The van der Waals surface area contributed by atoms with E-state index in [0.29, 0.717) is 17.9 Å². The molecule has 1 saturated carbocycles. The molecule has 2 fully saturated rings. The molecule has 4 atom stereocenters. The molecule has 1 aliphatic carbocycles. The Hall–Kier alpha value is -0.120. The van der Waals surface area contributed by atoms with Gasteiger partial charge in [0.2, 0.25) is 0 Å². The summed E-state index contributed by atoms with van der Waals surface area (Å²) >= 11 is 0. The predicted molar refractivity (Wildman–Crippen MR) is 55.1 cm³/mol. The number of ether oxygens (including phenoxy) is 1. The van der Waals surface area contributed by atoms with Gasteiger partial charge in [0.05, 0.1) is 12.2 Å². The van der Waals surface area contributed by atoms with E-state index in [-0.39, 0.29) is 6.10 Å². The molecule has 2 rings (SSSR count). The van der Waals surface area contributed by atoms with Gasteiger partial charge in [-0.2, -0.15) is 0 Å². The van der Waals surface area contributed by atoms with Gasteiger partial charge in [0.15, 0.2) is 0 Å². The zero-order valence-electron chi connectivity index (χ0n) is 8.91. The number of hydrogen-bond donors (Lipinski definition) is 2. The molecule has 0 radical (unpaired) electrons. The molecule has 0 amide bonds. The monoisotopic (exact) mass is 199 g/mol. The molecule has 0 aromatic heterocycles. The Labute approximate surface area is 85.8 Å². The van der Waals surface area contributed by atoms with Crippen molar-refractivity contribution in [1.29, 1.82) is 0 Å². The first-order valence-electron chi connectivity index (χ1n) is 5.74. The van der Waals surface area contributed by atoms with Crippen molar-refractivity contribution in [2.75, 3.05) is 20.2 Å². The quantitative estimate of drug-likeness (QED) is 0.690. The molecule has 3 nitrogen and oxygen atoms in total. The van der Waals surface area contributed by atoms with Crippen LogP contribution in [0, 0.1) is 11.8 Å². The molecule has 4 unspecified atom stereocenters. The largest absolute Gasteiger partial charge is 0.393 e. The number of methoxy groups -OCH3 is 1. The summed E-state index contributed by atoms with van der Waals surface area (Å²) in [6.07, 6.45) is 4.82. The van der Waals surface area contributed by atoms with Gasteiger partial charge in [0.25, 0.3) is 0 Å². The zero-order chi connectivity index (χ0) is 9.97. The number of rotatable bonds is 2. The molecule has 82 valence electrons. The summed E-state index contributed by atoms with van der Waals surface area (Å²) in [6, 6.07) is 0. The number of piperidine rings is 1. The maximum atomic E-state index is 9.95. The lowest BCUT2D eigenvalue weighted by Gasteiger charge is -2.35. The lowest BCUT2D eigenvalue weighted by molar-refractivity contribution is -0.0114. The van der Waals surface area contributed by atoms with E-state index in [1.165, 1.54) is 19.3 Å². The van der Waals surface area contributed by atoms with Crippen molar-refractivity contribution in [2.45, 2.75) is 37.9 Å². The van der Waals surface area contributed by atoms with Gasteiger partial charge in [0, 0.05) is 19.6 Å². The summed E-state index contributed by atoms with van der Waals surface area (Å²) in [5, 5.41) is 13.3. The Kier molecular flexibility index (Phi) is 3.42. The van der Waals surface area contributed by atoms with E-state index in [9.17, 15) is 5.11 Å². The van der Waals surface area contributed by atoms with Crippen molar-refractivity contribution in [3.8, 4) is 0 Å². The summed E-state index contributed by atoms with van der Waals surface area (Å²) in [5.74, 6) is 0.985. The summed E-state index contributed by atoms with van der Waals surface area (Å²) in [7, 11) is 1.80. The van der Waals surface area contributed by atoms with E-state index in [4.69, 9.17) is 4.74 Å². The standard InChI is InChI=1S/C11H21NO2/c1-14-11-4-2-3-8(11)9-7-12-6-5-10(9)13/h8-13H,2-7H2,1H3. The highest BCUT2D eigenvalue weighted by Crippen LogP contribution is 2.36. The fraction of sp³-hybridized carbons (Fsp3) is 1.00. The highest BCUT2D eigenvalue weighted by atomic mass is 16.5. The number of aliphatic hydroxyl groups is 1. The van der Waals surface area contributed by atoms with E-state index in [2.05, 4.69) is 5.32 Å². The molecule has 2 aliphatic rings. The highest BCUT2D eigenvalue weighted by Gasteiger charge is 2.38. The van der Waals surface area contributed by atoms with E-state index in [1.54, 1.807) is 7.11 Å². The molecular formula is C11H21NO2. The van der Waals surface area contributed by atoms with Crippen LogP contribution < -0.4 is 5.32 Å². The molecule has 2 N–H and O–H groups in total. The summed E-state index contributed by atoms with van der Waals surface area (Å²) in [6.45, 7) is 1.92. The van der Waals surface area contributed by atoms with Gasteiger partial charge in [0.1, 0.15) is 0 Å². The molecule has 1 saturated heterocycles. The zero-order valence-corrected chi connectivity index (χ0v) is 8.91. The second-order valence-electron chi connectivity index (χ2n) is 4.59. The third kappa shape index (κ3) is 1.95. The van der Waals surface area contributed by atoms with Crippen LogP contribution in [-0.2, 0) is 4.74 Å². The molecule has 1 heterocycles. The summed E-state index contributed by atoms with van der Waals surface area (Å²) < 4.78 is 5.49. The van der Waals surface area contributed by atoms with Crippen LogP contribution in [0.4, 0.5) is 0 Å². The van der Waals surface area contributed by atoms with E-state index < -0.39 is 0 Å². The van der Waals surface area contributed by atoms with Gasteiger partial charge in [-0.25, -0.2) is 0 Å². The lowest BCUT2D eigenvalue weighted by Crippen LogP contribution is -2.45. The van der Waals surface area contributed by atoms with Crippen molar-refractivity contribution < 1.29 is 9.84 Å². The molecule has 0 spiro atoms. The highest BCUT2D eigenvalue weighted by molar-refractivity contribution is 4.90. The van der Waals surface area contributed by atoms with Gasteiger partial charge >= 0.3 is 0 Å². The average Bonchev–Trinajstić information content (AvgIpc) is 2.66. The minimum Gasteiger partial charge on any atom is -0.393 e. The minimum atomic E-state index is -0.114.